The molecule has 112 valence electrons. The molecule has 0 aliphatic heterocycles. The molecule has 0 fully saturated rings. The van der Waals surface area contributed by atoms with Crippen molar-refractivity contribution in [2.75, 3.05) is 13.7 Å². The number of carbonyl (C=O) groups excluding carboxylic acids is 1. The standard InChI is InChI=1S/C15H19N3O2S/c1-10(9-20-2)17-14(19)8-18-6-5-11-7-12(15(16)21)3-4-13(11)18/h3-7,10H,8-9H2,1-2H3,(H2,16,21)(H,17,19). The molecule has 2 aromatic rings. The van der Waals surface area contributed by atoms with Crippen LogP contribution in [0, 0.1) is 0 Å². The largest absolute Gasteiger partial charge is 0.389 e. The molecule has 1 aromatic carbocycles. The number of nitrogens with two attached hydrogens (primary N) is 1. The summed E-state index contributed by atoms with van der Waals surface area (Å²) in [7, 11) is 1.61. The van der Waals surface area contributed by atoms with Gasteiger partial charge in [-0.3, -0.25) is 4.79 Å². The van der Waals surface area contributed by atoms with Crippen LogP contribution in [-0.2, 0) is 16.1 Å². The molecule has 1 aromatic heterocycles. The first-order valence-corrected chi connectivity index (χ1v) is 7.09. The Kier molecular flexibility index (Phi) is 4.93. The topological polar surface area (TPSA) is 69.3 Å². The minimum Gasteiger partial charge on any atom is -0.389 e. The molecule has 0 bridgehead atoms. The molecule has 0 saturated heterocycles. The van der Waals surface area contributed by atoms with Crippen LogP contribution in [0.25, 0.3) is 10.9 Å². The number of aromatic nitrogens is 1. The smallest absolute Gasteiger partial charge is 0.240 e. The lowest BCUT2D eigenvalue weighted by Crippen LogP contribution is -2.37. The quantitative estimate of drug-likeness (QED) is 0.792. The molecular formula is C15H19N3O2S. The average Bonchev–Trinajstić information content (AvgIpc) is 2.81. The van der Waals surface area contributed by atoms with Gasteiger partial charge in [-0.1, -0.05) is 12.2 Å². The van der Waals surface area contributed by atoms with Crippen LogP contribution in [0.1, 0.15) is 12.5 Å². The summed E-state index contributed by atoms with van der Waals surface area (Å²) in [6, 6.07) is 7.66. The number of benzene rings is 1. The van der Waals surface area contributed by atoms with Gasteiger partial charge in [-0.2, -0.15) is 0 Å². The van der Waals surface area contributed by atoms with Gasteiger partial charge in [0.05, 0.1) is 6.61 Å². The van der Waals surface area contributed by atoms with E-state index in [1.165, 1.54) is 0 Å². The highest BCUT2D eigenvalue weighted by molar-refractivity contribution is 7.80. The highest BCUT2D eigenvalue weighted by atomic mass is 32.1. The van der Waals surface area contributed by atoms with Gasteiger partial charge in [0, 0.05) is 35.8 Å². The Bertz CT molecular complexity index is 666. The van der Waals surface area contributed by atoms with Crippen LogP contribution in [0.2, 0.25) is 0 Å². The van der Waals surface area contributed by atoms with E-state index in [1.54, 1.807) is 7.11 Å². The van der Waals surface area contributed by atoms with Gasteiger partial charge in [0.25, 0.3) is 0 Å². The van der Waals surface area contributed by atoms with Crippen LogP contribution < -0.4 is 11.1 Å². The zero-order chi connectivity index (χ0) is 15.4. The number of ether oxygens (including phenoxy) is 1. The minimum absolute atomic E-state index is 0.00876. The predicted octanol–water partition coefficient (Wildman–Crippen LogP) is 1.43. The maximum absolute atomic E-state index is 12.0. The molecule has 1 heterocycles. The van der Waals surface area contributed by atoms with Crippen molar-refractivity contribution in [3.05, 3.63) is 36.0 Å². The molecule has 0 aliphatic carbocycles. The maximum atomic E-state index is 12.0. The van der Waals surface area contributed by atoms with Gasteiger partial charge in [0.1, 0.15) is 11.5 Å². The molecular weight excluding hydrogens is 286 g/mol. The number of carbonyl (C=O) groups is 1. The average molecular weight is 305 g/mol. The van der Waals surface area contributed by atoms with E-state index in [1.807, 2.05) is 42.0 Å². The Hall–Kier alpha value is -1.92. The maximum Gasteiger partial charge on any atom is 0.240 e. The first kappa shape index (κ1) is 15.5. The first-order chi connectivity index (χ1) is 10.0. The zero-order valence-electron chi connectivity index (χ0n) is 12.1. The highest BCUT2D eigenvalue weighted by Crippen LogP contribution is 2.17. The van der Waals surface area contributed by atoms with Gasteiger partial charge in [0.2, 0.25) is 5.91 Å². The van der Waals surface area contributed by atoms with E-state index >= 15 is 0 Å². The van der Waals surface area contributed by atoms with E-state index in [0.717, 1.165) is 16.5 Å². The number of nitrogens with one attached hydrogen (secondary N) is 1. The lowest BCUT2D eigenvalue weighted by Gasteiger charge is -2.13. The molecule has 2 rings (SSSR count). The fourth-order valence-corrected chi connectivity index (χ4v) is 2.39. The third kappa shape index (κ3) is 3.80. The van der Waals surface area contributed by atoms with Crippen LogP contribution in [0.3, 0.4) is 0 Å². The summed E-state index contributed by atoms with van der Waals surface area (Å²) in [6.45, 7) is 2.67. The number of amides is 1. The monoisotopic (exact) mass is 305 g/mol. The summed E-state index contributed by atoms with van der Waals surface area (Å²) in [4.78, 5) is 12.4. The van der Waals surface area contributed by atoms with Crippen molar-refractivity contribution < 1.29 is 9.53 Å². The number of thiocarbonyl (C=S) groups is 1. The second-order valence-corrected chi connectivity index (χ2v) is 5.45. The number of rotatable bonds is 6. The van der Waals surface area contributed by atoms with Gasteiger partial charge >= 0.3 is 0 Å². The fourth-order valence-electron chi connectivity index (χ4n) is 2.26. The van der Waals surface area contributed by atoms with Crippen molar-refractivity contribution in [2.24, 2.45) is 5.73 Å². The van der Waals surface area contributed by atoms with E-state index in [2.05, 4.69) is 5.32 Å². The third-order valence-corrected chi connectivity index (χ3v) is 3.43. The van der Waals surface area contributed by atoms with Crippen molar-refractivity contribution in [1.82, 2.24) is 9.88 Å². The van der Waals surface area contributed by atoms with Crippen LogP contribution in [0.5, 0.6) is 0 Å². The fraction of sp³-hybridized carbons (Fsp3) is 0.333. The number of nitrogens with zero attached hydrogens (tertiary/aromatic N) is 1. The summed E-state index contributed by atoms with van der Waals surface area (Å²) in [6.07, 6.45) is 1.88. The molecule has 21 heavy (non-hydrogen) atoms. The number of hydrogen-bond acceptors (Lipinski definition) is 3. The Morgan fingerprint density at radius 1 is 1.48 bits per heavy atom. The lowest BCUT2D eigenvalue weighted by molar-refractivity contribution is -0.122. The van der Waals surface area contributed by atoms with Crippen molar-refractivity contribution in [3.8, 4) is 0 Å². The molecule has 0 saturated carbocycles. The van der Waals surface area contributed by atoms with Gasteiger partial charge in [0.15, 0.2) is 0 Å². The summed E-state index contributed by atoms with van der Waals surface area (Å²) >= 11 is 4.97. The number of methoxy groups -OCH3 is 1. The predicted molar refractivity (Wildman–Crippen MR) is 87.3 cm³/mol. The van der Waals surface area contributed by atoms with E-state index in [-0.39, 0.29) is 18.5 Å². The molecule has 1 unspecified atom stereocenters. The number of hydrogen-bond donors (Lipinski definition) is 2. The second kappa shape index (κ2) is 6.69. The zero-order valence-corrected chi connectivity index (χ0v) is 12.9. The summed E-state index contributed by atoms with van der Waals surface area (Å²) < 4.78 is 6.90. The molecule has 5 nitrogen and oxygen atoms in total. The van der Waals surface area contributed by atoms with Gasteiger partial charge in [-0.15, -0.1) is 0 Å². The highest BCUT2D eigenvalue weighted by Gasteiger charge is 2.10. The number of fused-ring (bicyclic) bond motifs is 1. The minimum atomic E-state index is -0.0459. The van der Waals surface area contributed by atoms with Crippen molar-refractivity contribution in [1.29, 1.82) is 0 Å². The Balaban J connectivity index is 2.12. The molecule has 0 aliphatic rings. The summed E-state index contributed by atoms with van der Waals surface area (Å²) in [5.74, 6) is -0.0459. The van der Waals surface area contributed by atoms with Crippen molar-refractivity contribution in [2.45, 2.75) is 19.5 Å². The van der Waals surface area contributed by atoms with Crippen LogP contribution in [-0.4, -0.2) is 35.2 Å². The Morgan fingerprint density at radius 2 is 2.24 bits per heavy atom. The Labute approximate surface area is 129 Å². The normalized spacial score (nSPS) is 12.3. The summed E-state index contributed by atoms with van der Waals surface area (Å²) in [5, 5.41) is 3.90. The molecule has 0 spiro atoms. The second-order valence-electron chi connectivity index (χ2n) is 5.01. The Morgan fingerprint density at radius 3 is 2.90 bits per heavy atom. The van der Waals surface area contributed by atoms with E-state index in [9.17, 15) is 4.79 Å². The van der Waals surface area contributed by atoms with Crippen LogP contribution >= 0.6 is 12.2 Å². The molecule has 1 amide bonds. The van der Waals surface area contributed by atoms with Gasteiger partial charge in [-0.25, -0.2) is 0 Å². The van der Waals surface area contributed by atoms with E-state index < -0.39 is 0 Å². The molecule has 0 radical (unpaired) electrons. The summed E-state index contributed by atoms with van der Waals surface area (Å²) in [5.41, 5.74) is 7.43. The van der Waals surface area contributed by atoms with Crippen molar-refractivity contribution >= 4 is 34.0 Å². The van der Waals surface area contributed by atoms with Gasteiger partial charge < -0.3 is 20.4 Å². The SMILES string of the molecule is COCC(C)NC(=O)Cn1ccc2cc(C(N)=S)ccc21. The van der Waals surface area contributed by atoms with Crippen molar-refractivity contribution in [3.63, 3.8) is 0 Å². The van der Waals surface area contributed by atoms with Crippen LogP contribution in [0.15, 0.2) is 30.5 Å². The lowest BCUT2D eigenvalue weighted by atomic mass is 10.1. The molecule has 6 heteroatoms. The van der Waals surface area contributed by atoms with Gasteiger partial charge in [-0.05, 0) is 31.2 Å². The van der Waals surface area contributed by atoms with E-state index in [0.29, 0.717) is 11.6 Å². The first-order valence-electron chi connectivity index (χ1n) is 6.68. The third-order valence-electron chi connectivity index (χ3n) is 3.19. The molecule has 3 N–H and O–H groups in total. The van der Waals surface area contributed by atoms with Crippen LogP contribution in [0.4, 0.5) is 0 Å². The molecule has 1 atom stereocenters. The van der Waals surface area contributed by atoms with E-state index in [4.69, 9.17) is 22.7 Å².